The first-order valence-electron chi connectivity index (χ1n) is 8.15. The third-order valence-corrected chi connectivity index (χ3v) is 4.08. The maximum atomic E-state index is 12.3. The molecule has 7 nitrogen and oxygen atoms in total. The van der Waals surface area contributed by atoms with Gasteiger partial charge in [0.2, 0.25) is 0 Å². The van der Waals surface area contributed by atoms with Crippen LogP contribution in [-0.2, 0) is 9.47 Å². The number of amides is 1. The van der Waals surface area contributed by atoms with Gasteiger partial charge in [-0.3, -0.25) is 4.90 Å². The number of nitrogens with zero attached hydrogens (tertiary/aromatic N) is 1. The maximum Gasteiger partial charge on any atom is 0.414 e. The first-order valence-corrected chi connectivity index (χ1v) is 8.15. The molecule has 2 atom stereocenters. The fourth-order valence-corrected chi connectivity index (χ4v) is 2.74. The number of hydrogen-bond acceptors (Lipinski definition) is 6. The van der Waals surface area contributed by atoms with Crippen molar-refractivity contribution in [3.05, 3.63) is 24.5 Å². The summed E-state index contributed by atoms with van der Waals surface area (Å²) in [5, 5.41) is 9.59. The van der Waals surface area contributed by atoms with Crippen molar-refractivity contribution in [1.29, 1.82) is 0 Å². The average Bonchev–Trinajstić information content (AvgIpc) is 3.17. The molecule has 0 spiro atoms. The lowest BCUT2D eigenvalue weighted by Crippen LogP contribution is -2.30. The van der Waals surface area contributed by atoms with Gasteiger partial charge in [0.05, 0.1) is 25.4 Å². The van der Waals surface area contributed by atoms with E-state index in [9.17, 15) is 18.0 Å². The van der Waals surface area contributed by atoms with Gasteiger partial charge >= 0.3 is 12.3 Å². The van der Waals surface area contributed by atoms with Crippen molar-refractivity contribution < 1.29 is 41.7 Å². The van der Waals surface area contributed by atoms with Crippen LogP contribution < -0.4 is 9.64 Å². The average molecular weight is 389 g/mol. The molecule has 0 aliphatic carbocycles. The molecule has 3 rings (SSSR count). The molecule has 1 aromatic heterocycles. The van der Waals surface area contributed by atoms with Gasteiger partial charge in [-0.1, -0.05) is 0 Å². The SMILES string of the molecule is COCC1CN(c2coc3cc(OCCC(O)C(F)(F)F)ccc23)C(=O)O1. The Kier molecular flexibility index (Phi) is 5.47. The number of hydrogen-bond donors (Lipinski definition) is 1. The summed E-state index contributed by atoms with van der Waals surface area (Å²) in [6, 6.07) is 4.70. The van der Waals surface area contributed by atoms with E-state index in [-0.39, 0.29) is 19.3 Å². The predicted molar refractivity (Wildman–Crippen MR) is 87.9 cm³/mol. The first kappa shape index (κ1) is 19.3. The van der Waals surface area contributed by atoms with Gasteiger partial charge in [-0.05, 0) is 12.1 Å². The Hall–Kier alpha value is -2.46. The third kappa shape index (κ3) is 4.28. The van der Waals surface area contributed by atoms with Crippen LogP contribution in [0.3, 0.4) is 0 Å². The Morgan fingerprint density at radius 3 is 2.89 bits per heavy atom. The van der Waals surface area contributed by atoms with Crippen molar-refractivity contribution in [3.63, 3.8) is 0 Å². The highest BCUT2D eigenvalue weighted by Gasteiger charge is 2.38. The molecule has 0 saturated carbocycles. The van der Waals surface area contributed by atoms with E-state index in [0.29, 0.717) is 29.0 Å². The Labute approximate surface area is 152 Å². The van der Waals surface area contributed by atoms with Crippen molar-refractivity contribution in [2.45, 2.75) is 24.8 Å². The lowest BCUT2D eigenvalue weighted by molar-refractivity contribution is -0.206. The van der Waals surface area contributed by atoms with Crippen LogP contribution in [0.5, 0.6) is 5.75 Å². The highest BCUT2D eigenvalue weighted by Crippen LogP contribution is 2.34. The highest BCUT2D eigenvalue weighted by atomic mass is 19.4. The highest BCUT2D eigenvalue weighted by molar-refractivity contribution is 6.01. The normalized spacial score (nSPS) is 18.8. The zero-order valence-corrected chi connectivity index (χ0v) is 14.4. The number of alkyl halides is 3. The third-order valence-electron chi connectivity index (χ3n) is 4.08. The van der Waals surface area contributed by atoms with E-state index in [1.165, 1.54) is 24.3 Å². The maximum absolute atomic E-state index is 12.3. The standard InChI is InChI=1S/C17H18F3NO6/c1-24-8-11-7-21(16(23)27-11)13-9-26-14-6-10(2-3-12(13)14)25-5-4-15(22)17(18,19)20/h2-3,6,9,11,15,22H,4-5,7-8H2,1H3. The zero-order chi connectivity index (χ0) is 19.6. The molecule has 1 aromatic carbocycles. The van der Waals surface area contributed by atoms with E-state index < -0.39 is 24.8 Å². The van der Waals surface area contributed by atoms with Crippen LogP contribution in [0.2, 0.25) is 0 Å². The van der Waals surface area contributed by atoms with Gasteiger partial charge in [0.25, 0.3) is 0 Å². The van der Waals surface area contributed by atoms with E-state index in [0.717, 1.165) is 0 Å². The number of carbonyl (C=O) groups excluding carboxylic acids is 1. The molecule has 148 valence electrons. The van der Waals surface area contributed by atoms with Crippen molar-refractivity contribution in [1.82, 2.24) is 0 Å². The molecule has 2 heterocycles. The number of benzene rings is 1. The van der Waals surface area contributed by atoms with Crippen LogP contribution in [0.1, 0.15) is 6.42 Å². The van der Waals surface area contributed by atoms with E-state index in [1.807, 2.05) is 0 Å². The second kappa shape index (κ2) is 7.65. The summed E-state index contributed by atoms with van der Waals surface area (Å²) in [4.78, 5) is 13.4. The van der Waals surface area contributed by atoms with E-state index >= 15 is 0 Å². The number of cyclic esters (lactones) is 1. The molecule has 0 radical (unpaired) electrons. The van der Waals surface area contributed by atoms with E-state index in [1.54, 1.807) is 12.1 Å². The lowest BCUT2D eigenvalue weighted by atomic mass is 10.2. The molecule has 1 aliphatic heterocycles. The molecular weight excluding hydrogens is 371 g/mol. The van der Waals surface area contributed by atoms with Crippen LogP contribution in [0.25, 0.3) is 11.0 Å². The fourth-order valence-electron chi connectivity index (χ4n) is 2.74. The summed E-state index contributed by atoms with van der Waals surface area (Å²) in [6.45, 7) is 0.283. The number of carbonyl (C=O) groups is 1. The molecule has 1 aliphatic rings. The van der Waals surface area contributed by atoms with Gasteiger partial charge in [0.15, 0.2) is 6.10 Å². The van der Waals surface area contributed by atoms with Gasteiger partial charge in [-0.25, -0.2) is 4.79 Å². The fraction of sp³-hybridized carbons (Fsp3) is 0.471. The van der Waals surface area contributed by atoms with Gasteiger partial charge in [0, 0.05) is 25.0 Å². The van der Waals surface area contributed by atoms with Crippen LogP contribution >= 0.6 is 0 Å². The number of aliphatic hydroxyl groups excluding tert-OH is 1. The Bertz CT molecular complexity index is 806. The minimum Gasteiger partial charge on any atom is -0.493 e. The summed E-state index contributed by atoms with van der Waals surface area (Å²) in [6.07, 6.45) is -7.17. The lowest BCUT2D eigenvalue weighted by Gasteiger charge is -2.14. The minimum absolute atomic E-state index is 0.278. The molecule has 2 unspecified atom stereocenters. The predicted octanol–water partition coefficient (Wildman–Crippen LogP) is 3.10. The smallest absolute Gasteiger partial charge is 0.414 e. The summed E-state index contributed by atoms with van der Waals surface area (Å²) >= 11 is 0. The zero-order valence-electron chi connectivity index (χ0n) is 14.4. The summed E-state index contributed by atoms with van der Waals surface area (Å²) < 4.78 is 57.7. The van der Waals surface area contributed by atoms with Gasteiger partial charge in [-0.15, -0.1) is 0 Å². The molecule has 1 fully saturated rings. The second-order valence-electron chi connectivity index (χ2n) is 6.05. The Morgan fingerprint density at radius 2 is 2.19 bits per heavy atom. The molecule has 27 heavy (non-hydrogen) atoms. The number of methoxy groups -OCH3 is 1. The quantitative estimate of drug-likeness (QED) is 0.784. The molecule has 1 amide bonds. The Balaban J connectivity index is 1.67. The monoisotopic (exact) mass is 389 g/mol. The molecular formula is C17H18F3NO6. The number of furan rings is 1. The largest absolute Gasteiger partial charge is 0.493 e. The summed E-state index contributed by atoms with van der Waals surface area (Å²) in [5.74, 6) is 0.291. The van der Waals surface area contributed by atoms with E-state index in [2.05, 4.69) is 0 Å². The van der Waals surface area contributed by atoms with Crippen molar-refractivity contribution in [2.24, 2.45) is 0 Å². The Morgan fingerprint density at radius 1 is 1.41 bits per heavy atom. The summed E-state index contributed by atoms with van der Waals surface area (Å²) in [7, 11) is 1.51. The molecule has 1 saturated heterocycles. The van der Waals surface area contributed by atoms with Crippen molar-refractivity contribution in [2.75, 3.05) is 31.8 Å². The van der Waals surface area contributed by atoms with Crippen LogP contribution in [0, 0.1) is 0 Å². The number of halogens is 3. The van der Waals surface area contributed by atoms with E-state index in [4.69, 9.17) is 23.7 Å². The summed E-state index contributed by atoms with van der Waals surface area (Å²) in [5.41, 5.74) is 0.925. The van der Waals surface area contributed by atoms with Crippen LogP contribution in [0.15, 0.2) is 28.9 Å². The molecule has 0 bridgehead atoms. The van der Waals surface area contributed by atoms with Crippen LogP contribution in [0.4, 0.5) is 23.7 Å². The number of aliphatic hydroxyl groups is 1. The second-order valence-corrected chi connectivity index (χ2v) is 6.05. The van der Waals surface area contributed by atoms with Gasteiger partial charge in [-0.2, -0.15) is 13.2 Å². The number of anilines is 1. The molecule has 2 aromatic rings. The number of rotatable bonds is 7. The van der Waals surface area contributed by atoms with Gasteiger partial charge in [0.1, 0.15) is 23.7 Å². The molecule has 1 N–H and O–H groups in total. The minimum atomic E-state index is -4.67. The van der Waals surface area contributed by atoms with Crippen molar-refractivity contribution >= 4 is 22.7 Å². The number of fused-ring (bicyclic) bond motifs is 1. The van der Waals surface area contributed by atoms with Gasteiger partial charge < -0.3 is 23.7 Å². The first-order chi connectivity index (χ1) is 12.8. The number of ether oxygens (including phenoxy) is 3. The van der Waals surface area contributed by atoms with Crippen molar-refractivity contribution in [3.8, 4) is 5.75 Å². The van der Waals surface area contributed by atoms with Crippen LogP contribution in [-0.4, -0.2) is 56.5 Å². The topological polar surface area (TPSA) is 81.4 Å². The molecule has 10 heteroatoms.